The van der Waals surface area contributed by atoms with Crippen molar-refractivity contribution in [3.05, 3.63) is 64.8 Å². The normalized spacial score (nSPS) is 11.9. The van der Waals surface area contributed by atoms with E-state index in [1.807, 2.05) is 42.6 Å². The number of fused-ring (bicyclic) bond motifs is 1. The zero-order valence-electron chi connectivity index (χ0n) is 14.7. The Balaban J connectivity index is 1.64. The molecule has 0 bridgehead atoms. The van der Waals surface area contributed by atoms with Gasteiger partial charge in [0.1, 0.15) is 5.69 Å². The van der Waals surface area contributed by atoms with E-state index in [0.29, 0.717) is 17.0 Å². The van der Waals surface area contributed by atoms with Crippen molar-refractivity contribution >= 4 is 27.0 Å². The van der Waals surface area contributed by atoms with E-state index >= 15 is 0 Å². The SMILES string of the molecule is Cc1ccc(C)c(S(=O)(=O)NCc2nnc3ccc(-c4cccs4)nn23)c1. The van der Waals surface area contributed by atoms with Gasteiger partial charge in [-0.25, -0.2) is 13.1 Å². The van der Waals surface area contributed by atoms with Gasteiger partial charge in [-0.15, -0.1) is 21.5 Å². The van der Waals surface area contributed by atoms with Crippen LogP contribution in [-0.4, -0.2) is 28.2 Å². The molecule has 4 aromatic rings. The lowest BCUT2D eigenvalue weighted by atomic mass is 10.2. The quantitative estimate of drug-likeness (QED) is 0.557. The van der Waals surface area contributed by atoms with E-state index in [4.69, 9.17) is 0 Å². The number of sulfonamides is 1. The minimum absolute atomic E-state index is 0.00221. The molecular formula is C18H17N5O2S2. The van der Waals surface area contributed by atoms with Crippen LogP contribution < -0.4 is 4.72 Å². The van der Waals surface area contributed by atoms with Crippen molar-refractivity contribution in [1.82, 2.24) is 24.5 Å². The van der Waals surface area contributed by atoms with Crippen LogP contribution in [0, 0.1) is 13.8 Å². The highest BCUT2D eigenvalue weighted by atomic mass is 32.2. The maximum atomic E-state index is 12.7. The molecule has 138 valence electrons. The number of aryl methyl sites for hydroxylation is 2. The molecule has 3 aromatic heterocycles. The van der Waals surface area contributed by atoms with E-state index in [1.165, 1.54) is 0 Å². The topological polar surface area (TPSA) is 89.2 Å². The average molecular weight is 400 g/mol. The van der Waals surface area contributed by atoms with Gasteiger partial charge in [0.25, 0.3) is 0 Å². The molecule has 9 heteroatoms. The summed E-state index contributed by atoms with van der Waals surface area (Å²) in [6, 6.07) is 13.0. The van der Waals surface area contributed by atoms with Crippen molar-refractivity contribution in [2.24, 2.45) is 0 Å². The summed E-state index contributed by atoms with van der Waals surface area (Å²) in [7, 11) is -3.67. The molecule has 0 unspecified atom stereocenters. The smallest absolute Gasteiger partial charge is 0.207 e. The first-order valence-corrected chi connectivity index (χ1v) is 10.6. The average Bonchev–Trinajstić information content (AvgIpc) is 3.31. The minimum atomic E-state index is -3.67. The summed E-state index contributed by atoms with van der Waals surface area (Å²) in [5.74, 6) is 0.428. The van der Waals surface area contributed by atoms with Crippen molar-refractivity contribution in [2.75, 3.05) is 0 Å². The second-order valence-corrected chi connectivity index (χ2v) is 8.86. The van der Waals surface area contributed by atoms with Crippen molar-refractivity contribution < 1.29 is 8.42 Å². The molecule has 0 spiro atoms. The van der Waals surface area contributed by atoms with Crippen LogP contribution in [0.15, 0.2) is 52.7 Å². The second kappa shape index (κ2) is 6.84. The van der Waals surface area contributed by atoms with Crippen LogP contribution in [0.4, 0.5) is 0 Å². The summed E-state index contributed by atoms with van der Waals surface area (Å²) in [6.45, 7) is 3.63. The van der Waals surface area contributed by atoms with Gasteiger partial charge in [-0.2, -0.15) is 9.61 Å². The number of benzene rings is 1. The molecular weight excluding hydrogens is 382 g/mol. The predicted octanol–water partition coefficient (Wildman–Crippen LogP) is 2.95. The lowest BCUT2D eigenvalue weighted by molar-refractivity contribution is 0.577. The summed E-state index contributed by atoms with van der Waals surface area (Å²) < 4.78 is 29.6. The zero-order valence-corrected chi connectivity index (χ0v) is 16.4. The molecule has 0 radical (unpaired) electrons. The van der Waals surface area contributed by atoms with Crippen molar-refractivity contribution in [2.45, 2.75) is 25.3 Å². The molecule has 1 N–H and O–H groups in total. The van der Waals surface area contributed by atoms with E-state index in [2.05, 4.69) is 20.0 Å². The molecule has 4 rings (SSSR count). The lowest BCUT2D eigenvalue weighted by Crippen LogP contribution is -2.25. The number of nitrogens with one attached hydrogen (secondary N) is 1. The molecule has 0 aliphatic heterocycles. The Morgan fingerprint density at radius 2 is 1.96 bits per heavy atom. The molecule has 1 aromatic carbocycles. The molecule has 3 heterocycles. The number of hydrogen-bond acceptors (Lipinski definition) is 6. The zero-order chi connectivity index (χ0) is 19.0. The summed E-state index contributed by atoms with van der Waals surface area (Å²) in [5, 5.41) is 14.7. The Morgan fingerprint density at radius 3 is 2.74 bits per heavy atom. The standard InChI is InChI=1S/C18H17N5O2S2/c1-12-5-6-13(2)16(10-12)27(24,25)19-11-18-21-20-17-8-7-14(22-23(17)18)15-4-3-9-26-15/h3-10,19H,11H2,1-2H3. The van der Waals surface area contributed by atoms with Crippen LogP contribution in [0.2, 0.25) is 0 Å². The highest BCUT2D eigenvalue weighted by molar-refractivity contribution is 7.89. The molecule has 0 aliphatic rings. The Hall–Kier alpha value is -2.62. The Bertz CT molecular complexity index is 1210. The van der Waals surface area contributed by atoms with Crippen molar-refractivity contribution in [3.63, 3.8) is 0 Å². The number of thiophene rings is 1. The Labute approximate surface area is 160 Å². The van der Waals surface area contributed by atoms with E-state index in [9.17, 15) is 8.42 Å². The van der Waals surface area contributed by atoms with Crippen molar-refractivity contribution in [3.8, 4) is 10.6 Å². The molecule has 7 nitrogen and oxygen atoms in total. The summed E-state index contributed by atoms with van der Waals surface area (Å²) >= 11 is 1.58. The molecule has 27 heavy (non-hydrogen) atoms. The van der Waals surface area contributed by atoms with Gasteiger partial charge in [-0.05, 0) is 54.6 Å². The Morgan fingerprint density at radius 1 is 1.11 bits per heavy atom. The monoisotopic (exact) mass is 399 g/mol. The Kier molecular flexibility index (Phi) is 4.50. The third-order valence-electron chi connectivity index (χ3n) is 4.15. The summed E-state index contributed by atoms with van der Waals surface area (Å²) in [6.07, 6.45) is 0. The number of rotatable bonds is 5. The molecule has 0 saturated carbocycles. The first-order chi connectivity index (χ1) is 12.9. The van der Waals surface area contributed by atoms with Crippen LogP contribution in [0.1, 0.15) is 17.0 Å². The first-order valence-electron chi connectivity index (χ1n) is 8.26. The van der Waals surface area contributed by atoms with E-state index in [0.717, 1.165) is 16.1 Å². The highest BCUT2D eigenvalue weighted by Crippen LogP contribution is 2.22. The van der Waals surface area contributed by atoms with E-state index in [1.54, 1.807) is 34.9 Å². The van der Waals surface area contributed by atoms with Crippen LogP contribution >= 0.6 is 11.3 Å². The van der Waals surface area contributed by atoms with Crippen LogP contribution in [0.3, 0.4) is 0 Å². The first kappa shape index (κ1) is 17.8. The largest absolute Gasteiger partial charge is 0.241 e. The van der Waals surface area contributed by atoms with E-state index < -0.39 is 10.0 Å². The van der Waals surface area contributed by atoms with Crippen LogP contribution in [-0.2, 0) is 16.6 Å². The van der Waals surface area contributed by atoms with Gasteiger partial charge < -0.3 is 0 Å². The number of hydrogen-bond donors (Lipinski definition) is 1. The molecule has 0 amide bonds. The van der Waals surface area contributed by atoms with Crippen LogP contribution in [0.25, 0.3) is 16.2 Å². The third kappa shape index (κ3) is 3.48. The second-order valence-electron chi connectivity index (χ2n) is 6.18. The summed E-state index contributed by atoms with van der Waals surface area (Å²) in [5.41, 5.74) is 2.93. The number of aromatic nitrogens is 4. The van der Waals surface area contributed by atoms with Gasteiger partial charge in [0, 0.05) is 0 Å². The van der Waals surface area contributed by atoms with Gasteiger partial charge in [-0.3, -0.25) is 0 Å². The van der Waals surface area contributed by atoms with Crippen molar-refractivity contribution in [1.29, 1.82) is 0 Å². The fourth-order valence-corrected chi connectivity index (χ4v) is 4.73. The molecule has 0 aliphatic carbocycles. The lowest BCUT2D eigenvalue weighted by Gasteiger charge is -2.09. The minimum Gasteiger partial charge on any atom is -0.207 e. The van der Waals surface area contributed by atoms with Gasteiger partial charge in [0.2, 0.25) is 10.0 Å². The molecule has 0 fully saturated rings. The molecule has 0 atom stereocenters. The van der Waals surface area contributed by atoms with Gasteiger partial charge in [0.15, 0.2) is 11.5 Å². The fourth-order valence-electron chi connectivity index (χ4n) is 2.73. The predicted molar refractivity (Wildman–Crippen MR) is 104 cm³/mol. The summed E-state index contributed by atoms with van der Waals surface area (Å²) in [4.78, 5) is 1.29. The maximum Gasteiger partial charge on any atom is 0.241 e. The van der Waals surface area contributed by atoms with Crippen LogP contribution in [0.5, 0.6) is 0 Å². The van der Waals surface area contributed by atoms with Gasteiger partial charge in [0.05, 0.1) is 16.3 Å². The van der Waals surface area contributed by atoms with Gasteiger partial charge >= 0.3 is 0 Å². The highest BCUT2D eigenvalue weighted by Gasteiger charge is 2.18. The van der Waals surface area contributed by atoms with E-state index in [-0.39, 0.29) is 11.4 Å². The van der Waals surface area contributed by atoms with Gasteiger partial charge in [-0.1, -0.05) is 18.2 Å². The number of nitrogens with zero attached hydrogens (tertiary/aromatic N) is 4. The third-order valence-corrected chi connectivity index (χ3v) is 6.59. The molecule has 0 saturated heterocycles. The maximum absolute atomic E-state index is 12.7. The fraction of sp³-hybridized carbons (Fsp3) is 0.167.